The van der Waals surface area contributed by atoms with Gasteiger partial charge in [-0.15, -0.1) is 11.3 Å². The molecule has 0 radical (unpaired) electrons. The molecular weight excluding hydrogens is 248 g/mol. The van der Waals surface area contributed by atoms with E-state index in [0.717, 1.165) is 35.4 Å². The quantitative estimate of drug-likeness (QED) is 0.867. The highest BCUT2D eigenvalue weighted by molar-refractivity contribution is 7.09. The Labute approximate surface area is 111 Å². The van der Waals surface area contributed by atoms with Crippen LogP contribution in [0, 0.1) is 6.92 Å². The first-order valence-electron chi connectivity index (χ1n) is 5.96. The summed E-state index contributed by atoms with van der Waals surface area (Å²) in [6.07, 6.45) is 0. The van der Waals surface area contributed by atoms with Crippen LogP contribution in [-0.4, -0.2) is 21.3 Å². The van der Waals surface area contributed by atoms with Crippen LogP contribution in [-0.2, 0) is 20.2 Å². The highest BCUT2D eigenvalue weighted by atomic mass is 32.1. The second-order valence-electron chi connectivity index (χ2n) is 4.05. The number of thiazole rings is 1. The van der Waals surface area contributed by atoms with Gasteiger partial charge in [0.05, 0.1) is 11.4 Å². The van der Waals surface area contributed by atoms with Gasteiger partial charge >= 0.3 is 0 Å². The number of rotatable bonds is 6. The van der Waals surface area contributed by atoms with E-state index in [4.69, 9.17) is 4.74 Å². The normalized spacial score (nSPS) is 10.8. The molecule has 0 aliphatic carbocycles. The predicted molar refractivity (Wildman–Crippen MR) is 71.8 cm³/mol. The zero-order chi connectivity index (χ0) is 13.0. The third kappa shape index (κ3) is 3.30. The lowest BCUT2D eigenvalue weighted by molar-refractivity contribution is 0.275. The van der Waals surface area contributed by atoms with Crippen molar-refractivity contribution in [1.82, 2.24) is 20.1 Å². The number of ether oxygens (including phenoxy) is 1. The van der Waals surface area contributed by atoms with Crippen LogP contribution in [0.4, 0.5) is 0 Å². The summed E-state index contributed by atoms with van der Waals surface area (Å²) in [5, 5.41) is 10.6. The summed E-state index contributed by atoms with van der Waals surface area (Å²) < 4.78 is 7.42. The molecule has 0 amide bonds. The van der Waals surface area contributed by atoms with Gasteiger partial charge < -0.3 is 10.1 Å². The molecule has 0 saturated heterocycles. The highest BCUT2D eigenvalue weighted by Gasteiger charge is 2.06. The lowest BCUT2D eigenvalue weighted by Gasteiger charge is -2.03. The van der Waals surface area contributed by atoms with Crippen molar-refractivity contribution >= 4 is 11.3 Å². The molecule has 0 atom stereocenters. The Morgan fingerprint density at radius 1 is 1.50 bits per heavy atom. The molecule has 0 aromatic carbocycles. The van der Waals surface area contributed by atoms with Gasteiger partial charge in [0.1, 0.15) is 11.6 Å². The molecule has 1 N–H and O–H groups in total. The third-order valence-electron chi connectivity index (χ3n) is 2.45. The minimum atomic E-state index is 0.488. The lowest BCUT2D eigenvalue weighted by Crippen LogP contribution is -2.11. The lowest BCUT2D eigenvalue weighted by atomic mass is 10.5. The molecule has 0 bridgehead atoms. The smallest absolute Gasteiger partial charge is 0.212 e. The Bertz CT molecular complexity index is 506. The largest absolute Gasteiger partial charge is 0.471 e. The van der Waals surface area contributed by atoms with Crippen LogP contribution in [0.5, 0.6) is 5.88 Å². The van der Waals surface area contributed by atoms with Gasteiger partial charge in [0, 0.05) is 25.0 Å². The standard InChI is InChI=1S/C12H18N4OS/c1-4-13-6-11-14-10(8-18-11)7-17-12-5-9(2)15-16(12)3/h5,8,13H,4,6-7H2,1-3H3. The Kier molecular flexibility index (Phi) is 4.33. The molecule has 98 valence electrons. The topological polar surface area (TPSA) is 52.0 Å². The van der Waals surface area contributed by atoms with E-state index in [9.17, 15) is 0 Å². The summed E-state index contributed by atoms with van der Waals surface area (Å²) in [6, 6.07) is 1.92. The summed E-state index contributed by atoms with van der Waals surface area (Å²) in [6.45, 7) is 6.31. The van der Waals surface area contributed by atoms with Crippen LogP contribution in [0.15, 0.2) is 11.4 Å². The van der Waals surface area contributed by atoms with Crippen LogP contribution >= 0.6 is 11.3 Å². The fraction of sp³-hybridized carbons (Fsp3) is 0.500. The molecule has 0 aliphatic rings. The van der Waals surface area contributed by atoms with E-state index in [-0.39, 0.29) is 0 Å². The Morgan fingerprint density at radius 2 is 2.33 bits per heavy atom. The fourth-order valence-corrected chi connectivity index (χ4v) is 2.35. The maximum absolute atomic E-state index is 5.69. The summed E-state index contributed by atoms with van der Waals surface area (Å²) in [5.74, 6) is 0.772. The number of nitrogens with one attached hydrogen (secondary N) is 1. The third-order valence-corrected chi connectivity index (χ3v) is 3.35. The first-order valence-corrected chi connectivity index (χ1v) is 6.84. The van der Waals surface area contributed by atoms with E-state index in [1.54, 1.807) is 16.0 Å². The van der Waals surface area contributed by atoms with Crippen LogP contribution in [0.25, 0.3) is 0 Å². The van der Waals surface area contributed by atoms with Gasteiger partial charge in [0.15, 0.2) is 0 Å². The maximum Gasteiger partial charge on any atom is 0.212 e. The molecule has 0 aliphatic heterocycles. The molecule has 0 unspecified atom stereocenters. The van der Waals surface area contributed by atoms with Gasteiger partial charge in [-0.05, 0) is 13.5 Å². The first kappa shape index (κ1) is 13.0. The van der Waals surface area contributed by atoms with Gasteiger partial charge in [0.25, 0.3) is 0 Å². The summed E-state index contributed by atoms with van der Waals surface area (Å²) in [5.41, 5.74) is 1.92. The van der Waals surface area contributed by atoms with Crippen molar-refractivity contribution in [2.45, 2.75) is 27.0 Å². The predicted octanol–water partition coefficient (Wildman–Crippen LogP) is 1.87. The minimum absolute atomic E-state index is 0.488. The minimum Gasteiger partial charge on any atom is -0.471 e. The second kappa shape index (κ2) is 5.97. The van der Waals surface area contributed by atoms with Crippen LogP contribution in [0.2, 0.25) is 0 Å². The van der Waals surface area contributed by atoms with Gasteiger partial charge in [-0.3, -0.25) is 0 Å². The van der Waals surface area contributed by atoms with E-state index in [0.29, 0.717) is 6.61 Å². The number of aryl methyl sites for hydroxylation is 2. The van der Waals surface area contributed by atoms with E-state index >= 15 is 0 Å². The van der Waals surface area contributed by atoms with Crippen molar-refractivity contribution in [1.29, 1.82) is 0 Å². The van der Waals surface area contributed by atoms with E-state index in [1.165, 1.54) is 0 Å². The molecule has 2 rings (SSSR count). The number of nitrogens with zero attached hydrogens (tertiary/aromatic N) is 3. The summed E-state index contributed by atoms with van der Waals surface area (Å²) in [4.78, 5) is 4.50. The molecule has 2 aromatic rings. The van der Waals surface area contributed by atoms with Gasteiger partial charge in [0.2, 0.25) is 5.88 Å². The van der Waals surface area contributed by atoms with Crippen molar-refractivity contribution in [2.75, 3.05) is 6.54 Å². The first-order chi connectivity index (χ1) is 8.69. The van der Waals surface area contributed by atoms with E-state index in [1.807, 2.05) is 25.4 Å². The zero-order valence-electron chi connectivity index (χ0n) is 10.9. The molecule has 2 aromatic heterocycles. The van der Waals surface area contributed by atoms with Crippen LogP contribution in [0.1, 0.15) is 23.3 Å². The average molecular weight is 266 g/mol. The number of hydrogen-bond donors (Lipinski definition) is 1. The molecule has 0 fully saturated rings. The highest BCUT2D eigenvalue weighted by Crippen LogP contribution is 2.15. The molecule has 6 heteroatoms. The van der Waals surface area contributed by atoms with Crippen molar-refractivity contribution in [2.24, 2.45) is 7.05 Å². The Morgan fingerprint density at radius 3 is 3.00 bits per heavy atom. The molecule has 18 heavy (non-hydrogen) atoms. The van der Waals surface area contributed by atoms with Crippen molar-refractivity contribution < 1.29 is 4.74 Å². The van der Waals surface area contributed by atoms with Crippen molar-refractivity contribution in [3.63, 3.8) is 0 Å². The zero-order valence-corrected chi connectivity index (χ0v) is 11.8. The molecular formula is C12H18N4OS. The molecule has 2 heterocycles. The fourth-order valence-electron chi connectivity index (χ4n) is 1.60. The van der Waals surface area contributed by atoms with Gasteiger partial charge in [-0.1, -0.05) is 6.92 Å². The van der Waals surface area contributed by atoms with Crippen molar-refractivity contribution in [3.8, 4) is 5.88 Å². The van der Waals surface area contributed by atoms with E-state index < -0.39 is 0 Å². The summed E-state index contributed by atoms with van der Waals surface area (Å²) in [7, 11) is 1.87. The Hall–Kier alpha value is -1.40. The van der Waals surface area contributed by atoms with Crippen molar-refractivity contribution in [3.05, 3.63) is 27.8 Å². The van der Waals surface area contributed by atoms with Crippen LogP contribution < -0.4 is 10.1 Å². The molecule has 0 saturated carbocycles. The number of hydrogen-bond acceptors (Lipinski definition) is 5. The monoisotopic (exact) mass is 266 g/mol. The number of aromatic nitrogens is 3. The maximum atomic E-state index is 5.69. The average Bonchev–Trinajstić information content (AvgIpc) is 2.91. The Balaban J connectivity index is 1.90. The summed E-state index contributed by atoms with van der Waals surface area (Å²) >= 11 is 1.66. The van der Waals surface area contributed by atoms with Gasteiger partial charge in [-0.2, -0.15) is 5.10 Å². The second-order valence-corrected chi connectivity index (χ2v) is 4.99. The SMILES string of the molecule is CCNCc1nc(COc2cc(C)nn2C)cs1. The molecule has 0 spiro atoms. The van der Waals surface area contributed by atoms with E-state index in [2.05, 4.69) is 22.3 Å². The van der Waals surface area contributed by atoms with Crippen LogP contribution in [0.3, 0.4) is 0 Å². The molecule has 5 nitrogen and oxygen atoms in total. The van der Waals surface area contributed by atoms with Gasteiger partial charge in [-0.25, -0.2) is 9.67 Å².